The molecule has 2 rings (SSSR count). The third kappa shape index (κ3) is 3.68. The molecule has 1 aromatic heterocycles. The van der Waals surface area contributed by atoms with Crippen LogP contribution in [0.3, 0.4) is 0 Å². The molecule has 0 saturated carbocycles. The van der Waals surface area contributed by atoms with Gasteiger partial charge in [0.05, 0.1) is 18.0 Å². The highest BCUT2D eigenvalue weighted by Gasteiger charge is 2.05. The zero-order chi connectivity index (χ0) is 13.2. The van der Waals surface area contributed by atoms with E-state index in [-0.39, 0.29) is 5.75 Å². The smallest absolute Gasteiger partial charge is 0.149 e. The maximum Gasteiger partial charge on any atom is 0.149 e. The van der Waals surface area contributed by atoms with Crippen molar-refractivity contribution >= 4 is 25.8 Å². The second-order valence-electron chi connectivity index (χ2n) is 4.10. The first kappa shape index (κ1) is 13.3. The highest BCUT2D eigenvalue weighted by molar-refractivity contribution is 9.10. The molecule has 0 N–H and O–H groups in total. The van der Waals surface area contributed by atoms with Gasteiger partial charge in [-0.3, -0.25) is 4.68 Å². The summed E-state index contributed by atoms with van der Waals surface area (Å²) in [4.78, 5) is 0. The van der Waals surface area contributed by atoms with E-state index in [1.807, 2.05) is 30.3 Å². The first-order chi connectivity index (χ1) is 8.44. The molecule has 0 atom stereocenters. The van der Waals surface area contributed by atoms with Crippen LogP contribution in [-0.4, -0.2) is 30.2 Å². The molecule has 0 aliphatic heterocycles. The minimum absolute atomic E-state index is 0.106. The van der Waals surface area contributed by atoms with Crippen molar-refractivity contribution in [2.75, 3.05) is 12.0 Å². The zero-order valence-electron chi connectivity index (χ0n) is 9.88. The van der Waals surface area contributed by atoms with Crippen LogP contribution in [0.5, 0.6) is 0 Å². The molecule has 0 spiro atoms. The van der Waals surface area contributed by atoms with Gasteiger partial charge in [-0.25, -0.2) is 8.42 Å². The fourth-order valence-electron chi connectivity index (χ4n) is 1.52. The lowest BCUT2D eigenvalue weighted by Crippen LogP contribution is -2.11. The SMILES string of the molecule is CS(=O)(=O)CCn1ccc(-c2ccc(Br)cc2)n1. The number of hydrogen-bond donors (Lipinski definition) is 0. The summed E-state index contributed by atoms with van der Waals surface area (Å²) >= 11 is 3.38. The highest BCUT2D eigenvalue weighted by Crippen LogP contribution is 2.19. The van der Waals surface area contributed by atoms with Crippen molar-refractivity contribution in [2.45, 2.75) is 6.54 Å². The van der Waals surface area contributed by atoms with Crippen LogP contribution in [-0.2, 0) is 16.4 Å². The number of sulfone groups is 1. The van der Waals surface area contributed by atoms with Crippen molar-refractivity contribution in [2.24, 2.45) is 0 Å². The second kappa shape index (κ2) is 5.24. The Labute approximate surface area is 115 Å². The van der Waals surface area contributed by atoms with Crippen LogP contribution in [0.15, 0.2) is 41.0 Å². The molecule has 0 aliphatic rings. The van der Waals surface area contributed by atoms with Crippen molar-refractivity contribution in [1.82, 2.24) is 9.78 Å². The lowest BCUT2D eigenvalue weighted by atomic mass is 10.2. The van der Waals surface area contributed by atoms with Crippen molar-refractivity contribution in [1.29, 1.82) is 0 Å². The second-order valence-corrected chi connectivity index (χ2v) is 7.28. The van der Waals surface area contributed by atoms with Gasteiger partial charge in [-0.15, -0.1) is 0 Å². The van der Waals surface area contributed by atoms with Gasteiger partial charge in [0.25, 0.3) is 0 Å². The Morgan fingerprint density at radius 1 is 1.22 bits per heavy atom. The van der Waals surface area contributed by atoms with Gasteiger partial charge in [0.15, 0.2) is 0 Å². The molecule has 0 bridgehead atoms. The standard InChI is InChI=1S/C12H13BrN2O2S/c1-18(16,17)9-8-15-7-6-12(14-15)10-2-4-11(13)5-3-10/h2-7H,8-9H2,1H3. The van der Waals surface area contributed by atoms with E-state index in [1.54, 1.807) is 10.9 Å². The minimum atomic E-state index is -2.95. The molecule has 0 aliphatic carbocycles. The Bertz CT molecular complexity index is 632. The van der Waals surface area contributed by atoms with E-state index >= 15 is 0 Å². The lowest BCUT2D eigenvalue weighted by Gasteiger charge is -2.00. The molecule has 6 heteroatoms. The van der Waals surface area contributed by atoms with Crippen LogP contribution in [0.4, 0.5) is 0 Å². The fraction of sp³-hybridized carbons (Fsp3) is 0.250. The normalized spacial score (nSPS) is 11.7. The number of hydrogen-bond acceptors (Lipinski definition) is 3. The molecular formula is C12H13BrN2O2S. The first-order valence-corrected chi connectivity index (χ1v) is 8.26. The first-order valence-electron chi connectivity index (χ1n) is 5.41. The predicted octanol–water partition coefficient (Wildman–Crippen LogP) is 2.36. The van der Waals surface area contributed by atoms with Crippen molar-refractivity contribution in [3.05, 3.63) is 41.0 Å². The molecule has 4 nitrogen and oxygen atoms in total. The maximum absolute atomic E-state index is 11.1. The Balaban J connectivity index is 2.13. The molecule has 96 valence electrons. The lowest BCUT2D eigenvalue weighted by molar-refractivity contribution is 0.586. The van der Waals surface area contributed by atoms with Gasteiger partial charge in [-0.2, -0.15) is 5.10 Å². The van der Waals surface area contributed by atoms with Gasteiger partial charge in [-0.1, -0.05) is 28.1 Å². The van der Waals surface area contributed by atoms with E-state index in [2.05, 4.69) is 21.0 Å². The van der Waals surface area contributed by atoms with Crippen LogP contribution in [0.1, 0.15) is 0 Å². The Morgan fingerprint density at radius 3 is 2.50 bits per heavy atom. The van der Waals surface area contributed by atoms with Gasteiger partial charge in [0, 0.05) is 22.5 Å². The summed E-state index contributed by atoms with van der Waals surface area (Å²) < 4.78 is 24.8. The van der Waals surface area contributed by atoms with Crippen LogP contribution in [0.25, 0.3) is 11.3 Å². The van der Waals surface area contributed by atoms with E-state index in [9.17, 15) is 8.42 Å². The van der Waals surface area contributed by atoms with E-state index in [0.29, 0.717) is 6.54 Å². The van der Waals surface area contributed by atoms with E-state index in [4.69, 9.17) is 0 Å². The topological polar surface area (TPSA) is 52.0 Å². The monoisotopic (exact) mass is 328 g/mol. The summed E-state index contributed by atoms with van der Waals surface area (Å²) in [6.45, 7) is 0.384. The average molecular weight is 329 g/mol. The Morgan fingerprint density at radius 2 is 1.89 bits per heavy atom. The Hall–Kier alpha value is -1.14. The van der Waals surface area contributed by atoms with E-state index < -0.39 is 9.84 Å². The number of benzene rings is 1. The Kier molecular flexibility index (Phi) is 3.87. The number of rotatable bonds is 4. The molecule has 0 unspecified atom stereocenters. The summed E-state index contributed by atoms with van der Waals surface area (Å²) in [7, 11) is -2.95. The average Bonchev–Trinajstić information content (AvgIpc) is 2.75. The molecule has 1 heterocycles. The van der Waals surface area contributed by atoms with Gasteiger partial charge >= 0.3 is 0 Å². The van der Waals surface area contributed by atoms with Crippen LogP contribution in [0.2, 0.25) is 0 Å². The predicted molar refractivity (Wildman–Crippen MR) is 75.1 cm³/mol. The van der Waals surface area contributed by atoms with Crippen molar-refractivity contribution in [3.8, 4) is 11.3 Å². The number of halogens is 1. The zero-order valence-corrected chi connectivity index (χ0v) is 12.3. The molecule has 0 fully saturated rings. The molecular weight excluding hydrogens is 316 g/mol. The molecule has 0 amide bonds. The van der Waals surface area contributed by atoms with Crippen LogP contribution < -0.4 is 0 Å². The van der Waals surface area contributed by atoms with Gasteiger partial charge in [0.2, 0.25) is 0 Å². The maximum atomic E-state index is 11.1. The highest BCUT2D eigenvalue weighted by atomic mass is 79.9. The number of aryl methyl sites for hydroxylation is 1. The third-order valence-corrected chi connectivity index (χ3v) is 3.92. The van der Waals surface area contributed by atoms with Gasteiger partial charge < -0.3 is 0 Å². The molecule has 0 radical (unpaired) electrons. The van der Waals surface area contributed by atoms with Crippen LogP contribution >= 0.6 is 15.9 Å². The van der Waals surface area contributed by atoms with E-state index in [1.165, 1.54) is 6.26 Å². The summed E-state index contributed by atoms with van der Waals surface area (Å²) in [5, 5.41) is 4.35. The van der Waals surface area contributed by atoms with Crippen LogP contribution in [0, 0.1) is 0 Å². The quantitative estimate of drug-likeness (QED) is 0.865. The minimum Gasteiger partial charge on any atom is -0.271 e. The summed E-state index contributed by atoms with van der Waals surface area (Å²) in [5.41, 5.74) is 1.85. The van der Waals surface area contributed by atoms with Gasteiger partial charge in [0.1, 0.15) is 9.84 Å². The molecule has 0 saturated heterocycles. The van der Waals surface area contributed by atoms with E-state index in [0.717, 1.165) is 15.7 Å². The largest absolute Gasteiger partial charge is 0.271 e. The third-order valence-electron chi connectivity index (χ3n) is 2.47. The number of aromatic nitrogens is 2. The number of nitrogens with zero attached hydrogens (tertiary/aromatic N) is 2. The van der Waals surface area contributed by atoms with Crippen molar-refractivity contribution < 1.29 is 8.42 Å². The summed E-state index contributed by atoms with van der Waals surface area (Å²) in [6.07, 6.45) is 3.02. The summed E-state index contributed by atoms with van der Waals surface area (Å²) in [6, 6.07) is 9.71. The molecule has 1 aromatic carbocycles. The molecule has 18 heavy (non-hydrogen) atoms. The molecule has 2 aromatic rings. The summed E-state index contributed by atoms with van der Waals surface area (Å²) in [5.74, 6) is 0.106. The van der Waals surface area contributed by atoms with Gasteiger partial charge in [-0.05, 0) is 18.2 Å². The van der Waals surface area contributed by atoms with Crippen molar-refractivity contribution in [3.63, 3.8) is 0 Å². The fourth-order valence-corrected chi connectivity index (χ4v) is 2.30.